The third-order valence-electron chi connectivity index (χ3n) is 3.95. The van der Waals surface area contributed by atoms with Gasteiger partial charge in [-0.05, 0) is 35.2 Å². The van der Waals surface area contributed by atoms with Crippen LogP contribution in [0, 0.1) is 0 Å². The number of benzene rings is 2. The second-order valence-electron chi connectivity index (χ2n) is 5.39. The lowest BCUT2D eigenvalue weighted by Gasteiger charge is -2.17. The number of rotatable bonds is 5. The number of hydrogen-bond donors (Lipinski definition) is 1. The Morgan fingerprint density at radius 1 is 1.10 bits per heavy atom. The summed E-state index contributed by atoms with van der Waals surface area (Å²) in [5, 5.41) is 10.3. The van der Waals surface area contributed by atoms with Crippen molar-refractivity contribution in [1.29, 1.82) is 0 Å². The molecule has 21 heavy (non-hydrogen) atoms. The summed E-state index contributed by atoms with van der Waals surface area (Å²) in [6, 6.07) is 16.0. The lowest BCUT2D eigenvalue weighted by Crippen LogP contribution is -2.21. The highest BCUT2D eigenvalue weighted by Gasteiger charge is 2.32. The maximum Gasteiger partial charge on any atom is 0.133 e. The van der Waals surface area contributed by atoms with Crippen molar-refractivity contribution in [2.24, 2.45) is 0 Å². The average Bonchev–Trinajstić information content (AvgIpc) is 2.83. The second kappa shape index (κ2) is 6.29. The molecule has 0 saturated heterocycles. The van der Waals surface area contributed by atoms with E-state index in [-0.39, 0.29) is 6.10 Å². The number of aliphatic hydroxyl groups excluding tert-OH is 1. The molecule has 0 bridgehead atoms. The van der Waals surface area contributed by atoms with Crippen molar-refractivity contribution in [1.82, 2.24) is 0 Å². The van der Waals surface area contributed by atoms with E-state index in [4.69, 9.17) is 9.47 Å². The quantitative estimate of drug-likeness (QED) is 0.917. The third kappa shape index (κ3) is 3.09. The highest BCUT2D eigenvalue weighted by Crippen LogP contribution is 2.33. The van der Waals surface area contributed by atoms with Gasteiger partial charge in [-0.2, -0.15) is 0 Å². The lowest BCUT2D eigenvalue weighted by atomic mass is 10.1. The van der Waals surface area contributed by atoms with Crippen LogP contribution in [0.25, 0.3) is 0 Å². The molecule has 0 aromatic heterocycles. The standard InChI is InChI=1S/C18H20O3/c1-20-11-10-13-6-8-15(9-7-13)21-17-12-14-4-2-3-5-16(14)18(17)19/h2-9,17-19H,10-12H2,1H3. The fraction of sp³-hybridized carbons (Fsp3) is 0.333. The molecule has 2 aromatic carbocycles. The van der Waals surface area contributed by atoms with Crippen molar-refractivity contribution in [2.75, 3.05) is 13.7 Å². The molecule has 0 amide bonds. The molecule has 0 fully saturated rings. The Bertz CT molecular complexity index is 592. The first kappa shape index (κ1) is 14.1. The molecule has 0 aliphatic heterocycles. The SMILES string of the molecule is COCCc1ccc(OC2Cc3ccccc3C2O)cc1. The molecule has 0 heterocycles. The molecule has 3 heteroatoms. The molecule has 1 aliphatic carbocycles. The van der Waals surface area contributed by atoms with Crippen LogP contribution in [-0.4, -0.2) is 24.9 Å². The zero-order valence-electron chi connectivity index (χ0n) is 12.2. The van der Waals surface area contributed by atoms with Gasteiger partial charge in [0, 0.05) is 13.5 Å². The Kier molecular flexibility index (Phi) is 4.23. The van der Waals surface area contributed by atoms with Crippen LogP contribution in [0.3, 0.4) is 0 Å². The maximum absolute atomic E-state index is 10.3. The van der Waals surface area contributed by atoms with Crippen LogP contribution in [0.1, 0.15) is 22.8 Å². The van der Waals surface area contributed by atoms with E-state index in [1.807, 2.05) is 42.5 Å². The van der Waals surface area contributed by atoms with E-state index in [0.29, 0.717) is 0 Å². The molecule has 1 N–H and O–H groups in total. The van der Waals surface area contributed by atoms with Gasteiger partial charge >= 0.3 is 0 Å². The summed E-state index contributed by atoms with van der Waals surface area (Å²) < 4.78 is 11.0. The predicted octanol–water partition coefficient (Wildman–Crippen LogP) is 2.91. The topological polar surface area (TPSA) is 38.7 Å². The zero-order valence-corrected chi connectivity index (χ0v) is 12.2. The molecule has 110 valence electrons. The molecule has 2 unspecified atom stereocenters. The largest absolute Gasteiger partial charge is 0.487 e. The van der Waals surface area contributed by atoms with Gasteiger partial charge in [-0.25, -0.2) is 0 Å². The normalized spacial score (nSPS) is 20.3. The van der Waals surface area contributed by atoms with Gasteiger partial charge in [-0.15, -0.1) is 0 Å². The Morgan fingerprint density at radius 3 is 2.57 bits per heavy atom. The number of ether oxygens (including phenoxy) is 2. The summed E-state index contributed by atoms with van der Waals surface area (Å²) >= 11 is 0. The molecule has 0 saturated carbocycles. The van der Waals surface area contributed by atoms with Crippen molar-refractivity contribution in [3.63, 3.8) is 0 Å². The van der Waals surface area contributed by atoms with Crippen molar-refractivity contribution in [3.05, 3.63) is 65.2 Å². The summed E-state index contributed by atoms with van der Waals surface area (Å²) in [5.74, 6) is 0.799. The fourth-order valence-corrected chi connectivity index (χ4v) is 2.77. The Labute approximate surface area is 125 Å². The van der Waals surface area contributed by atoms with Crippen molar-refractivity contribution in [2.45, 2.75) is 25.0 Å². The smallest absolute Gasteiger partial charge is 0.133 e. The van der Waals surface area contributed by atoms with Gasteiger partial charge in [0.25, 0.3) is 0 Å². The third-order valence-corrected chi connectivity index (χ3v) is 3.95. The number of methoxy groups -OCH3 is 1. The van der Waals surface area contributed by atoms with Crippen LogP contribution in [-0.2, 0) is 17.6 Å². The average molecular weight is 284 g/mol. The Hall–Kier alpha value is -1.84. The first-order valence-electron chi connectivity index (χ1n) is 7.28. The van der Waals surface area contributed by atoms with Crippen LogP contribution >= 0.6 is 0 Å². The van der Waals surface area contributed by atoms with Gasteiger partial charge < -0.3 is 14.6 Å². The van der Waals surface area contributed by atoms with E-state index in [1.54, 1.807) is 7.11 Å². The first-order chi connectivity index (χ1) is 10.3. The Balaban J connectivity index is 1.65. The molecule has 0 radical (unpaired) electrons. The fourth-order valence-electron chi connectivity index (χ4n) is 2.77. The number of hydrogen-bond acceptors (Lipinski definition) is 3. The molecular formula is C18H20O3. The Morgan fingerprint density at radius 2 is 1.86 bits per heavy atom. The lowest BCUT2D eigenvalue weighted by molar-refractivity contribution is 0.0494. The van der Waals surface area contributed by atoms with Crippen LogP contribution < -0.4 is 4.74 Å². The monoisotopic (exact) mass is 284 g/mol. The molecule has 1 aliphatic rings. The van der Waals surface area contributed by atoms with Gasteiger partial charge in [0.2, 0.25) is 0 Å². The van der Waals surface area contributed by atoms with Gasteiger partial charge in [0.1, 0.15) is 18.0 Å². The van der Waals surface area contributed by atoms with Crippen molar-refractivity contribution < 1.29 is 14.6 Å². The van der Waals surface area contributed by atoms with Gasteiger partial charge in [0.05, 0.1) is 6.61 Å². The molecule has 3 rings (SSSR count). The van der Waals surface area contributed by atoms with E-state index >= 15 is 0 Å². The highest BCUT2D eigenvalue weighted by atomic mass is 16.5. The molecule has 0 spiro atoms. The van der Waals surface area contributed by atoms with Crippen LogP contribution in [0.5, 0.6) is 5.75 Å². The van der Waals surface area contributed by atoms with Crippen LogP contribution in [0.4, 0.5) is 0 Å². The number of fused-ring (bicyclic) bond motifs is 1. The van der Waals surface area contributed by atoms with Crippen molar-refractivity contribution in [3.8, 4) is 5.75 Å². The molecule has 3 nitrogen and oxygen atoms in total. The summed E-state index contributed by atoms with van der Waals surface area (Å²) in [6.45, 7) is 0.719. The minimum absolute atomic E-state index is 0.202. The predicted molar refractivity (Wildman–Crippen MR) is 81.5 cm³/mol. The molecule has 2 atom stereocenters. The van der Waals surface area contributed by atoms with E-state index in [9.17, 15) is 5.11 Å². The summed E-state index contributed by atoms with van der Waals surface area (Å²) in [4.78, 5) is 0. The van der Waals surface area contributed by atoms with Gasteiger partial charge in [-0.3, -0.25) is 0 Å². The highest BCUT2D eigenvalue weighted by molar-refractivity contribution is 5.36. The van der Waals surface area contributed by atoms with Gasteiger partial charge in [-0.1, -0.05) is 36.4 Å². The van der Waals surface area contributed by atoms with E-state index in [1.165, 1.54) is 11.1 Å². The summed E-state index contributed by atoms with van der Waals surface area (Å²) in [5.41, 5.74) is 3.38. The minimum Gasteiger partial charge on any atom is -0.487 e. The van der Waals surface area contributed by atoms with E-state index in [0.717, 1.165) is 30.8 Å². The molecule has 2 aromatic rings. The minimum atomic E-state index is -0.547. The summed E-state index contributed by atoms with van der Waals surface area (Å²) in [6.07, 6.45) is 0.901. The first-order valence-corrected chi connectivity index (χ1v) is 7.28. The zero-order chi connectivity index (χ0) is 14.7. The van der Waals surface area contributed by atoms with Crippen LogP contribution in [0.2, 0.25) is 0 Å². The van der Waals surface area contributed by atoms with Crippen molar-refractivity contribution >= 4 is 0 Å². The van der Waals surface area contributed by atoms with E-state index < -0.39 is 6.10 Å². The maximum atomic E-state index is 10.3. The van der Waals surface area contributed by atoms with E-state index in [2.05, 4.69) is 6.07 Å². The molecular weight excluding hydrogens is 264 g/mol. The summed E-state index contributed by atoms with van der Waals surface area (Å²) in [7, 11) is 1.70. The van der Waals surface area contributed by atoms with Gasteiger partial charge in [0.15, 0.2) is 0 Å². The van der Waals surface area contributed by atoms with Crippen LogP contribution in [0.15, 0.2) is 48.5 Å². The second-order valence-corrected chi connectivity index (χ2v) is 5.39. The number of aliphatic hydroxyl groups is 1.